The number of ether oxygens (including phenoxy) is 2. The van der Waals surface area contributed by atoms with Gasteiger partial charge in [0.2, 0.25) is 5.91 Å². The third-order valence-electron chi connectivity index (χ3n) is 3.61. The Kier molecular flexibility index (Phi) is 7.01. The number of esters is 1. The van der Waals surface area contributed by atoms with E-state index in [-0.39, 0.29) is 5.91 Å². The van der Waals surface area contributed by atoms with Crippen LogP contribution in [0.2, 0.25) is 0 Å². The molecule has 0 heterocycles. The van der Waals surface area contributed by atoms with E-state index >= 15 is 0 Å². The Labute approximate surface area is 144 Å². The number of carbonyl (C=O) groups is 2. The second-order valence-corrected chi connectivity index (χ2v) is 6.28. The Bertz CT molecular complexity index is 611. The monoisotopic (exact) mass is 333 g/mol. The molecule has 1 rings (SSSR count). The van der Waals surface area contributed by atoms with Gasteiger partial charge in [0.1, 0.15) is 5.75 Å². The van der Waals surface area contributed by atoms with Crippen LogP contribution in [-0.4, -0.2) is 24.1 Å². The molecule has 5 heteroatoms. The largest absolute Gasteiger partial charge is 0.476 e. The van der Waals surface area contributed by atoms with E-state index in [1.54, 1.807) is 39.8 Å². The van der Waals surface area contributed by atoms with Gasteiger partial charge < -0.3 is 14.8 Å². The molecule has 0 saturated carbocycles. The van der Waals surface area contributed by atoms with E-state index in [1.165, 1.54) is 0 Å². The highest BCUT2D eigenvalue weighted by molar-refractivity contribution is 5.93. The van der Waals surface area contributed by atoms with E-state index in [9.17, 15) is 9.59 Å². The molecule has 1 aromatic carbocycles. The smallest absolute Gasteiger partial charge is 0.349 e. The molecule has 0 radical (unpaired) electrons. The zero-order valence-corrected chi connectivity index (χ0v) is 15.4. The number of carbonyl (C=O) groups excluding carboxylic acids is 2. The van der Waals surface area contributed by atoms with Crippen molar-refractivity contribution in [3.63, 3.8) is 0 Å². The van der Waals surface area contributed by atoms with E-state index in [1.807, 2.05) is 26.0 Å². The molecule has 5 nitrogen and oxygen atoms in total. The van der Waals surface area contributed by atoms with Crippen LogP contribution in [0.25, 0.3) is 0 Å². The highest BCUT2D eigenvalue weighted by atomic mass is 16.6. The van der Waals surface area contributed by atoms with Crippen LogP contribution in [0.1, 0.15) is 47.1 Å². The van der Waals surface area contributed by atoms with Crippen LogP contribution in [-0.2, 0) is 20.9 Å². The molecule has 1 N–H and O–H groups in total. The van der Waals surface area contributed by atoms with Gasteiger partial charge in [-0.2, -0.15) is 0 Å². The van der Waals surface area contributed by atoms with Crippen LogP contribution in [0.3, 0.4) is 0 Å². The fourth-order valence-corrected chi connectivity index (χ4v) is 1.86. The van der Waals surface area contributed by atoms with Crippen molar-refractivity contribution >= 4 is 11.9 Å². The van der Waals surface area contributed by atoms with Gasteiger partial charge in [0.15, 0.2) is 5.60 Å². The number of rotatable bonds is 7. The van der Waals surface area contributed by atoms with Crippen molar-refractivity contribution in [2.75, 3.05) is 6.61 Å². The lowest BCUT2D eigenvalue weighted by molar-refractivity contribution is -0.158. The third-order valence-corrected chi connectivity index (χ3v) is 3.61. The van der Waals surface area contributed by atoms with Crippen molar-refractivity contribution in [3.05, 3.63) is 41.0 Å². The minimum absolute atomic E-state index is 0.0706. The Hall–Kier alpha value is -2.30. The summed E-state index contributed by atoms with van der Waals surface area (Å²) in [6.07, 6.45) is 0. The molecular weight excluding hydrogens is 306 g/mol. The average molecular weight is 333 g/mol. The quantitative estimate of drug-likeness (QED) is 0.614. The lowest BCUT2D eigenvalue weighted by atomic mass is 10.1. The number of hydrogen-bond acceptors (Lipinski definition) is 4. The minimum Gasteiger partial charge on any atom is -0.476 e. The van der Waals surface area contributed by atoms with Crippen molar-refractivity contribution < 1.29 is 19.1 Å². The highest BCUT2D eigenvalue weighted by Crippen LogP contribution is 2.20. The zero-order valence-electron chi connectivity index (χ0n) is 15.4. The minimum atomic E-state index is -1.05. The summed E-state index contributed by atoms with van der Waals surface area (Å²) in [6, 6.07) is 7.26. The molecule has 132 valence electrons. The number of amides is 1. The lowest BCUT2D eigenvalue weighted by Crippen LogP contribution is -2.39. The summed E-state index contributed by atoms with van der Waals surface area (Å²) in [7, 11) is 0. The average Bonchev–Trinajstić information content (AvgIpc) is 2.53. The molecular formula is C19H27NO4. The van der Waals surface area contributed by atoms with E-state index < -0.39 is 11.6 Å². The van der Waals surface area contributed by atoms with E-state index in [0.717, 1.165) is 16.7 Å². The molecule has 0 atom stereocenters. The molecule has 24 heavy (non-hydrogen) atoms. The standard InChI is InChI=1S/C19H27NO4/c1-7-23-18(22)19(5,6)24-16-10-8-15(9-11-16)12-20-17(21)14(4)13(2)3/h8-11H,7,12H2,1-6H3,(H,20,21). The first-order valence-electron chi connectivity index (χ1n) is 8.04. The molecule has 0 unspecified atom stereocenters. The zero-order chi connectivity index (χ0) is 18.3. The van der Waals surface area contributed by atoms with E-state index in [4.69, 9.17) is 9.47 Å². The molecule has 0 aliphatic rings. The van der Waals surface area contributed by atoms with Gasteiger partial charge in [-0.25, -0.2) is 4.79 Å². The second-order valence-electron chi connectivity index (χ2n) is 6.28. The van der Waals surface area contributed by atoms with Gasteiger partial charge >= 0.3 is 5.97 Å². The fourth-order valence-electron chi connectivity index (χ4n) is 1.86. The fraction of sp³-hybridized carbons (Fsp3) is 0.474. The lowest BCUT2D eigenvalue weighted by Gasteiger charge is -2.24. The van der Waals surface area contributed by atoms with Gasteiger partial charge in [0.05, 0.1) is 6.61 Å². The predicted molar refractivity (Wildman–Crippen MR) is 93.7 cm³/mol. The number of nitrogens with one attached hydrogen (secondary N) is 1. The van der Waals surface area contributed by atoms with E-state index in [2.05, 4.69) is 5.32 Å². The summed E-state index contributed by atoms with van der Waals surface area (Å²) in [5, 5.41) is 2.87. The first kappa shape index (κ1) is 19.7. The second kappa shape index (κ2) is 8.52. The Morgan fingerprint density at radius 2 is 1.67 bits per heavy atom. The molecule has 0 aromatic heterocycles. The van der Waals surface area contributed by atoms with Crippen LogP contribution in [0.5, 0.6) is 5.75 Å². The third kappa shape index (κ3) is 5.72. The Balaban J connectivity index is 2.65. The predicted octanol–water partition coefficient (Wildman–Crippen LogP) is 3.38. The van der Waals surface area contributed by atoms with Crippen LogP contribution >= 0.6 is 0 Å². The summed E-state index contributed by atoms with van der Waals surface area (Å²) in [4.78, 5) is 23.7. The topological polar surface area (TPSA) is 64.6 Å². The number of hydrogen-bond donors (Lipinski definition) is 1. The highest BCUT2D eigenvalue weighted by Gasteiger charge is 2.31. The molecule has 0 bridgehead atoms. The Morgan fingerprint density at radius 1 is 1.08 bits per heavy atom. The summed E-state index contributed by atoms with van der Waals surface area (Å²) in [5.41, 5.74) is 1.63. The van der Waals surface area contributed by atoms with Crippen molar-refractivity contribution in [2.24, 2.45) is 0 Å². The molecule has 0 saturated heterocycles. The summed E-state index contributed by atoms with van der Waals surface area (Å²) in [6.45, 7) is 11.5. The van der Waals surface area contributed by atoms with Gasteiger partial charge in [-0.3, -0.25) is 4.79 Å². The summed E-state index contributed by atoms with van der Waals surface area (Å²) < 4.78 is 10.7. The van der Waals surface area contributed by atoms with Gasteiger partial charge in [-0.1, -0.05) is 17.7 Å². The van der Waals surface area contributed by atoms with Gasteiger partial charge in [-0.15, -0.1) is 0 Å². The van der Waals surface area contributed by atoms with Crippen molar-refractivity contribution in [2.45, 2.75) is 53.7 Å². The maximum Gasteiger partial charge on any atom is 0.349 e. The molecule has 0 aliphatic heterocycles. The number of allylic oxidation sites excluding steroid dienone is 1. The Morgan fingerprint density at radius 3 is 2.17 bits per heavy atom. The van der Waals surface area contributed by atoms with Crippen molar-refractivity contribution in [3.8, 4) is 5.75 Å². The van der Waals surface area contributed by atoms with Gasteiger partial charge in [-0.05, 0) is 59.2 Å². The van der Waals surface area contributed by atoms with Crippen molar-refractivity contribution in [1.82, 2.24) is 5.32 Å². The maximum atomic E-state index is 11.9. The van der Waals surface area contributed by atoms with Crippen LogP contribution in [0.15, 0.2) is 35.4 Å². The van der Waals surface area contributed by atoms with Crippen LogP contribution in [0, 0.1) is 0 Å². The maximum absolute atomic E-state index is 11.9. The first-order chi connectivity index (χ1) is 11.2. The van der Waals surface area contributed by atoms with Crippen molar-refractivity contribution in [1.29, 1.82) is 0 Å². The summed E-state index contributed by atoms with van der Waals surface area (Å²) in [5.74, 6) is 0.0981. The summed E-state index contributed by atoms with van der Waals surface area (Å²) >= 11 is 0. The molecule has 1 aromatic rings. The van der Waals surface area contributed by atoms with Crippen LogP contribution < -0.4 is 10.1 Å². The molecule has 0 aliphatic carbocycles. The molecule has 0 fully saturated rings. The van der Waals surface area contributed by atoms with E-state index in [0.29, 0.717) is 18.9 Å². The van der Waals surface area contributed by atoms with Crippen LogP contribution in [0.4, 0.5) is 0 Å². The first-order valence-corrected chi connectivity index (χ1v) is 8.04. The normalized spacial score (nSPS) is 10.8. The van der Waals surface area contributed by atoms with Gasteiger partial charge in [0.25, 0.3) is 0 Å². The molecule has 1 amide bonds. The SMILES string of the molecule is CCOC(=O)C(C)(C)Oc1ccc(CNC(=O)C(C)=C(C)C)cc1. The molecule has 0 spiro atoms. The number of benzene rings is 1. The van der Waals surface area contributed by atoms with Gasteiger partial charge in [0, 0.05) is 12.1 Å².